The summed E-state index contributed by atoms with van der Waals surface area (Å²) in [5.74, 6) is 0. The number of alkyl halides is 1. The summed E-state index contributed by atoms with van der Waals surface area (Å²) in [5, 5.41) is 19.2. The minimum Gasteiger partial charge on any atom is -0.386 e. The van der Waals surface area contributed by atoms with E-state index in [2.05, 4.69) is 26.1 Å². The van der Waals surface area contributed by atoms with Crippen LogP contribution in [0.25, 0.3) is 10.9 Å². The van der Waals surface area contributed by atoms with E-state index in [1.807, 2.05) is 24.3 Å². The van der Waals surface area contributed by atoms with E-state index in [0.717, 1.165) is 10.9 Å². The molecule has 0 amide bonds. The zero-order chi connectivity index (χ0) is 10.8. The van der Waals surface area contributed by atoms with Crippen molar-refractivity contribution in [1.82, 2.24) is 10.2 Å². The lowest BCUT2D eigenvalue weighted by molar-refractivity contribution is 0.199. The number of aliphatic hydroxyl groups is 1. The first-order valence-electron chi connectivity index (χ1n) is 4.39. The molecule has 0 fully saturated rings. The van der Waals surface area contributed by atoms with Crippen molar-refractivity contribution < 1.29 is 5.11 Å². The minimum absolute atomic E-state index is 0.389. The monoisotopic (exact) mass is 286 g/mol. The minimum atomic E-state index is -0.727. The van der Waals surface area contributed by atoms with Gasteiger partial charge < -0.3 is 5.11 Å². The summed E-state index contributed by atoms with van der Waals surface area (Å²) in [4.78, 5) is 0. The first-order valence-corrected chi connectivity index (χ1v) is 5.89. The zero-order valence-corrected chi connectivity index (χ0v) is 10.0. The van der Waals surface area contributed by atoms with Crippen LogP contribution in [-0.4, -0.2) is 20.6 Å². The first kappa shape index (κ1) is 10.8. The molecule has 1 N–H and O–H groups in total. The molecule has 0 spiro atoms. The van der Waals surface area contributed by atoms with Crippen molar-refractivity contribution in [3.63, 3.8) is 0 Å². The SMILES string of the molecule is OC(CBr)c1nnc2ccccc2c1Cl. The van der Waals surface area contributed by atoms with Crippen LogP contribution in [0, 0.1) is 0 Å². The van der Waals surface area contributed by atoms with Crippen LogP contribution in [-0.2, 0) is 0 Å². The maximum atomic E-state index is 9.64. The second-order valence-electron chi connectivity index (χ2n) is 3.09. The van der Waals surface area contributed by atoms with E-state index >= 15 is 0 Å². The van der Waals surface area contributed by atoms with E-state index in [9.17, 15) is 5.11 Å². The third-order valence-corrected chi connectivity index (χ3v) is 3.10. The van der Waals surface area contributed by atoms with Crippen LogP contribution in [0.1, 0.15) is 11.8 Å². The maximum Gasteiger partial charge on any atom is 0.112 e. The summed E-state index contributed by atoms with van der Waals surface area (Å²) >= 11 is 9.31. The van der Waals surface area contributed by atoms with Crippen LogP contribution < -0.4 is 0 Å². The molecular weight excluding hydrogens is 279 g/mol. The van der Waals surface area contributed by atoms with Gasteiger partial charge in [-0.1, -0.05) is 45.7 Å². The van der Waals surface area contributed by atoms with E-state index < -0.39 is 6.10 Å². The van der Waals surface area contributed by atoms with Crippen LogP contribution in [0.2, 0.25) is 5.02 Å². The number of aliphatic hydroxyl groups excluding tert-OH is 1. The molecule has 0 aliphatic rings. The van der Waals surface area contributed by atoms with Crippen molar-refractivity contribution in [2.24, 2.45) is 0 Å². The van der Waals surface area contributed by atoms with Crippen molar-refractivity contribution in [1.29, 1.82) is 0 Å². The van der Waals surface area contributed by atoms with Crippen molar-refractivity contribution in [2.75, 3.05) is 5.33 Å². The predicted octanol–water partition coefficient (Wildman–Crippen LogP) is 2.71. The maximum absolute atomic E-state index is 9.64. The highest BCUT2D eigenvalue weighted by Crippen LogP contribution is 2.28. The molecule has 0 aliphatic carbocycles. The molecular formula is C10H8BrClN2O. The summed E-state index contributed by atoms with van der Waals surface area (Å²) in [6.45, 7) is 0. The number of hydrogen-bond acceptors (Lipinski definition) is 3. The Labute approximate surface area is 100 Å². The summed E-state index contributed by atoms with van der Waals surface area (Å²) in [6.07, 6.45) is -0.727. The van der Waals surface area contributed by atoms with E-state index in [0.29, 0.717) is 16.0 Å². The molecule has 2 aromatic rings. The van der Waals surface area contributed by atoms with Gasteiger partial charge in [-0.15, -0.1) is 0 Å². The van der Waals surface area contributed by atoms with E-state index in [-0.39, 0.29) is 0 Å². The largest absolute Gasteiger partial charge is 0.386 e. The highest BCUT2D eigenvalue weighted by Gasteiger charge is 2.15. The van der Waals surface area contributed by atoms with Gasteiger partial charge in [-0.25, -0.2) is 0 Å². The van der Waals surface area contributed by atoms with Crippen molar-refractivity contribution in [3.8, 4) is 0 Å². The third-order valence-electron chi connectivity index (χ3n) is 2.09. The molecule has 0 aliphatic heterocycles. The van der Waals surface area contributed by atoms with Gasteiger partial charge in [-0.3, -0.25) is 0 Å². The number of nitrogens with zero attached hydrogens (tertiary/aromatic N) is 2. The quantitative estimate of drug-likeness (QED) is 0.864. The van der Waals surface area contributed by atoms with Gasteiger partial charge in [-0.05, 0) is 6.07 Å². The molecule has 0 saturated carbocycles. The highest BCUT2D eigenvalue weighted by atomic mass is 79.9. The number of hydrogen-bond donors (Lipinski definition) is 1. The Morgan fingerprint density at radius 2 is 2.07 bits per heavy atom. The molecule has 15 heavy (non-hydrogen) atoms. The van der Waals surface area contributed by atoms with Gasteiger partial charge in [-0.2, -0.15) is 10.2 Å². The number of aromatic nitrogens is 2. The molecule has 1 aromatic heterocycles. The molecule has 3 nitrogen and oxygen atoms in total. The average Bonchev–Trinajstić information content (AvgIpc) is 2.29. The van der Waals surface area contributed by atoms with Crippen molar-refractivity contribution in [2.45, 2.75) is 6.10 Å². The molecule has 0 saturated heterocycles. The molecule has 1 heterocycles. The lowest BCUT2D eigenvalue weighted by Crippen LogP contribution is -2.04. The Hall–Kier alpha value is -0.710. The Morgan fingerprint density at radius 1 is 1.33 bits per heavy atom. The van der Waals surface area contributed by atoms with Gasteiger partial charge in [0.1, 0.15) is 11.8 Å². The van der Waals surface area contributed by atoms with Crippen molar-refractivity contribution in [3.05, 3.63) is 35.0 Å². The number of benzene rings is 1. The van der Waals surface area contributed by atoms with Crippen LogP contribution in [0.15, 0.2) is 24.3 Å². The van der Waals surface area contributed by atoms with Gasteiger partial charge in [0, 0.05) is 10.7 Å². The fourth-order valence-corrected chi connectivity index (χ4v) is 1.95. The number of rotatable bonds is 2. The summed E-state index contributed by atoms with van der Waals surface area (Å²) < 4.78 is 0. The first-order chi connectivity index (χ1) is 7.24. The van der Waals surface area contributed by atoms with E-state index in [1.165, 1.54) is 0 Å². The van der Waals surface area contributed by atoms with Gasteiger partial charge >= 0.3 is 0 Å². The zero-order valence-electron chi connectivity index (χ0n) is 7.69. The molecule has 1 unspecified atom stereocenters. The smallest absolute Gasteiger partial charge is 0.112 e. The fraction of sp³-hybridized carbons (Fsp3) is 0.200. The van der Waals surface area contributed by atoms with E-state index in [1.54, 1.807) is 0 Å². The summed E-state index contributed by atoms with van der Waals surface area (Å²) in [5.41, 5.74) is 1.14. The van der Waals surface area contributed by atoms with Gasteiger partial charge in [0.15, 0.2) is 0 Å². The molecule has 5 heteroatoms. The van der Waals surface area contributed by atoms with Crippen LogP contribution in [0.4, 0.5) is 0 Å². The number of halogens is 2. The topological polar surface area (TPSA) is 46.0 Å². The van der Waals surface area contributed by atoms with Crippen LogP contribution >= 0.6 is 27.5 Å². The predicted molar refractivity (Wildman–Crippen MR) is 63.3 cm³/mol. The second-order valence-corrected chi connectivity index (χ2v) is 4.11. The third kappa shape index (κ3) is 1.97. The normalized spacial score (nSPS) is 13.0. The Morgan fingerprint density at radius 3 is 2.80 bits per heavy atom. The Balaban J connectivity index is 2.65. The summed E-state index contributed by atoms with van der Waals surface area (Å²) in [6, 6.07) is 7.43. The average molecular weight is 288 g/mol. The summed E-state index contributed by atoms with van der Waals surface area (Å²) in [7, 11) is 0. The molecule has 78 valence electrons. The van der Waals surface area contributed by atoms with Gasteiger partial charge in [0.05, 0.1) is 10.5 Å². The number of fused-ring (bicyclic) bond motifs is 1. The van der Waals surface area contributed by atoms with Crippen LogP contribution in [0.5, 0.6) is 0 Å². The second kappa shape index (κ2) is 4.43. The standard InChI is InChI=1S/C10H8BrClN2O/c11-5-8(15)10-9(12)6-3-1-2-4-7(6)13-14-10/h1-4,8,15H,5H2. The fourth-order valence-electron chi connectivity index (χ4n) is 1.32. The molecule has 1 aromatic carbocycles. The van der Waals surface area contributed by atoms with Crippen molar-refractivity contribution >= 4 is 38.4 Å². The van der Waals surface area contributed by atoms with Gasteiger partial charge in [0.2, 0.25) is 0 Å². The Bertz CT molecular complexity index is 492. The van der Waals surface area contributed by atoms with E-state index in [4.69, 9.17) is 11.6 Å². The Kier molecular flexibility index (Phi) is 3.19. The van der Waals surface area contributed by atoms with Gasteiger partial charge in [0.25, 0.3) is 0 Å². The lowest BCUT2D eigenvalue weighted by Gasteiger charge is -2.08. The highest BCUT2D eigenvalue weighted by molar-refractivity contribution is 9.09. The molecule has 2 rings (SSSR count). The molecule has 1 atom stereocenters. The molecule has 0 bridgehead atoms. The molecule has 0 radical (unpaired) electrons. The van der Waals surface area contributed by atoms with Crippen LogP contribution in [0.3, 0.4) is 0 Å². The lowest BCUT2D eigenvalue weighted by atomic mass is 10.2.